The van der Waals surface area contributed by atoms with Gasteiger partial charge in [-0.1, -0.05) is 0 Å². The lowest BCUT2D eigenvalue weighted by Crippen LogP contribution is -2.36. The van der Waals surface area contributed by atoms with Gasteiger partial charge in [-0.3, -0.25) is 14.3 Å². The SMILES string of the molecule is Cc1cc(C)n(CC2(CNC(=O)c3cnc(Cn4cncn4)[nH]c3=O)CC2)n1. The van der Waals surface area contributed by atoms with E-state index in [0.29, 0.717) is 12.4 Å². The van der Waals surface area contributed by atoms with Crippen molar-refractivity contribution >= 4 is 5.91 Å². The third kappa shape index (κ3) is 3.85. The highest BCUT2D eigenvalue weighted by Crippen LogP contribution is 2.46. The Balaban J connectivity index is 1.38. The Bertz CT molecular complexity index is 1050. The smallest absolute Gasteiger partial charge is 0.263 e. The summed E-state index contributed by atoms with van der Waals surface area (Å²) in [7, 11) is 0. The number of carbonyl (C=O) groups is 1. The highest BCUT2D eigenvalue weighted by molar-refractivity contribution is 5.93. The molecule has 10 heteroatoms. The summed E-state index contributed by atoms with van der Waals surface area (Å²) in [5.74, 6) is -0.00376. The van der Waals surface area contributed by atoms with E-state index >= 15 is 0 Å². The Morgan fingerprint density at radius 3 is 2.79 bits per heavy atom. The fourth-order valence-corrected chi connectivity index (χ4v) is 3.22. The van der Waals surface area contributed by atoms with Gasteiger partial charge in [0.15, 0.2) is 0 Å². The molecule has 0 atom stereocenters. The van der Waals surface area contributed by atoms with Crippen molar-refractivity contribution in [3.8, 4) is 0 Å². The van der Waals surface area contributed by atoms with Gasteiger partial charge in [0.05, 0.1) is 5.69 Å². The zero-order chi connectivity index (χ0) is 19.7. The van der Waals surface area contributed by atoms with Crippen LogP contribution in [0, 0.1) is 19.3 Å². The van der Waals surface area contributed by atoms with E-state index in [1.165, 1.54) is 23.5 Å². The van der Waals surface area contributed by atoms with Crippen LogP contribution in [0.3, 0.4) is 0 Å². The van der Waals surface area contributed by atoms with Crippen molar-refractivity contribution in [3.63, 3.8) is 0 Å². The Hall–Kier alpha value is -3.30. The molecule has 1 saturated carbocycles. The van der Waals surface area contributed by atoms with E-state index in [0.717, 1.165) is 30.8 Å². The summed E-state index contributed by atoms with van der Waals surface area (Å²) in [5.41, 5.74) is 1.64. The Kier molecular flexibility index (Phi) is 4.54. The first-order valence-corrected chi connectivity index (χ1v) is 9.14. The summed E-state index contributed by atoms with van der Waals surface area (Å²) in [6, 6.07) is 2.04. The first-order chi connectivity index (χ1) is 13.4. The molecule has 4 rings (SSSR count). The summed E-state index contributed by atoms with van der Waals surface area (Å²) in [5, 5.41) is 11.4. The molecule has 1 fully saturated rings. The normalized spacial score (nSPS) is 14.8. The summed E-state index contributed by atoms with van der Waals surface area (Å²) < 4.78 is 3.52. The molecule has 1 amide bonds. The number of rotatable bonds is 7. The second kappa shape index (κ2) is 7.02. The number of nitrogens with one attached hydrogen (secondary N) is 2. The highest BCUT2D eigenvalue weighted by Gasteiger charge is 2.43. The molecule has 10 nitrogen and oxygen atoms in total. The average molecular weight is 382 g/mol. The minimum atomic E-state index is -0.467. The maximum Gasteiger partial charge on any atom is 0.263 e. The van der Waals surface area contributed by atoms with Crippen LogP contribution in [0.5, 0.6) is 0 Å². The fourth-order valence-electron chi connectivity index (χ4n) is 3.22. The lowest BCUT2D eigenvalue weighted by atomic mass is 10.1. The molecule has 0 aromatic carbocycles. The molecule has 0 bridgehead atoms. The van der Waals surface area contributed by atoms with Crippen molar-refractivity contribution in [2.75, 3.05) is 6.54 Å². The third-order valence-electron chi connectivity index (χ3n) is 5.04. The van der Waals surface area contributed by atoms with E-state index in [4.69, 9.17) is 0 Å². The Morgan fingerprint density at radius 2 is 2.18 bits per heavy atom. The molecule has 3 heterocycles. The van der Waals surface area contributed by atoms with Crippen LogP contribution in [0.25, 0.3) is 0 Å². The third-order valence-corrected chi connectivity index (χ3v) is 5.04. The summed E-state index contributed by atoms with van der Waals surface area (Å²) in [4.78, 5) is 35.4. The van der Waals surface area contributed by atoms with Crippen LogP contribution in [-0.4, -0.2) is 47.0 Å². The van der Waals surface area contributed by atoms with Crippen LogP contribution in [0.15, 0.2) is 29.7 Å². The molecule has 0 aliphatic heterocycles. The molecule has 0 saturated heterocycles. The van der Waals surface area contributed by atoms with Gasteiger partial charge in [0.2, 0.25) is 0 Å². The molecular weight excluding hydrogens is 360 g/mol. The average Bonchev–Trinajstić information content (AvgIpc) is 3.07. The molecular formula is C18H22N8O2. The van der Waals surface area contributed by atoms with Crippen LogP contribution >= 0.6 is 0 Å². The Labute approximate surface area is 161 Å². The number of carbonyl (C=O) groups excluding carboxylic acids is 1. The zero-order valence-electron chi connectivity index (χ0n) is 15.8. The van der Waals surface area contributed by atoms with Crippen molar-refractivity contribution in [1.29, 1.82) is 0 Å². The van der Waals surface area contributed by atoms with Crippen LogP contribution in [0.4, 0.5) is 0 Å². The van der Waals surface area contributed by atoms with E-state index < -0.39 is 11.5 Å². The van der Waals surface area contributed by atoms with E-state index in [-0.39, 0.29) is 17.5 Å². The van der Waals surface area contributed by atoms with Crippen molar-refractivity contribution in [2.24, 2.45) is 5.41 Å². The summed E-state index contributed by atoms with van der Waals surface area (Å²) >= 11 is 0. The maximum atomic E-state index is 12.5. The monoisotopic (exact) mass is 382 g/mol. The quantitative estimate of drug-likeness (QED) is 0.611. The van der Waals surface area contributed by atoms with Gasteiger partial charge in [-0.25, -0.2) is 14.6 Å². The second-order valence-electron chi connectivity index (χ2n) is 7.43. The first kappa shape index (κ1) is 18.1. The minimum Gasteiger partial charge on any atom is -0.351 e. The molecule has 0 spiro atoms. The van der Waals surface area contributed by atoms with E-state index in [1.54, 1.807) is 0 Å². The Morgan fingerprint density at radius 1 is 1.36 bits per heavy atom. The first-order valence-electron chi connectivity index (χ1n) is 9.14. The second-order valence-corrected chi connectivity index (χ2v) is 7.43. The molecule has 2 N–H and O–H groups in total. The summed E-state index contributed by atoms with van der Waals surface area (Å²) in [6.07, 6.45) is 6.29. The highest BCUT2D eigenvalue weighted by atomic mass is 16.2. The van der Waals surface area contributed by atoms with Crippen molar-refractivity contribution in [2.45, 2.75) is 39.8 Å². The van der Waals surface area contributed by atoms with Gasteiger partial charge in [0.1, 0.15) is 30.6 Å². The lowest BCUT2D eigenvalue weighted by Gasteiger charge is -2.17. The van der Waals surface area contributed by atoms with Crippen molar-refractivity contribution < 1.29 is 4.79 Å². The molecule has 146 valence electrons. The summed E-state index contributed by atoms with van der Waals surface area (Å²) in [6.45, 7) is 5.54. The molecule has 1 aliphatic carbocycles. The maximum absolute atomic E-state index is 12.5. The van der Waals surface area contributed by atoms with Gasteiger partial charge in [0, 0.05) is 30.4 Å². The number of amides is 1. The largest absolute Gasteiger partial charge is 0.351 e. The van der Waals surface area contributed by atoms with Crippen LogP contribution in [-0.2, 0) is 13.1 Å². The van der Waals surface area contributed by atoms with Gasteiger partial charge in [-0.15, -0.1) is 0 Å². The van der Waals surface area contributed by atoms with Gasteiger partial charge >= 0.3 is 0 Å². The predicted octanol–water partition coefficient (Wildman–Crippen LogP) is 0.433. The number of aromatic nitrogens is 7. The van der Waals surface area contributed by atoms with E-state index in [2.05, 4.69) is 30.5 Å². The van der Waals surface area contributed by atoms with E-state index in [1.807, 2.05) is 24.6 Å². The van der Waals surface area contributed by atoms with Gasteiger partial charge < -0.3 is 10.3 Å². The number of aryl methyl sites for hydroxylation is 2. The minimum absolute atomic E-state index is 0.00394. The van der Waals surface area contributed by atoms with Crippen LogP contribution < -0.4 is 10.9 Å². The van der Waals surface area contributed by atoms with Gasteiger partial charge in [-0.05, 0) is 32.8 Å². The lowest BCUT2D eigenvalue weighted by molar-refractivity contribution is 0.0940. The number of nitrogens with zero attached hydrogens (tertiary/aromatic N) is 6. The predicted molar refractivity (Wildman–Crippen MR) is 99.7 cm³/mol. The number of aromatic amines is 1. The molecule has 28 heavy (non-hydrogen) atoms. The molecule has 0 unspecified atom stereocenters. The van der Waals surface area contributed by atoms with Crippen LogP contribution in [0.2, 0.25) is 0 Å². The molecule has 3 aromatic rings. The number of hydrogen-bond acceptors (Lipinski definition) is 6. The van der Waals surface area contributed by atoms with Crippen LogP contribution in [0.1, 0.15) is 40.4 Å². The zero-order valence-corrected chi connectivity index (χ0v) is 15.8. The standard InChI is InChI=1S/C18H22N8O2/c1-12-5-13(2)26(24-12)9-18(3-4-18)8-21-16(27)14-6-20-15(23-17(14)28)7-25-11-19-10-22-25/h5-6,10-11H,3-4,7-9H2,1-2H3,(H,21,27)(H,20,23,28). The van der Waals surface area contributed by atoms with Gasteiger partial charge in [-0.2, -0.15) is 10.2 Å². The van der Waals surface area contributed by atoms with E-state index in [9.17, 15) is 9.59 Å². The van der Waals surface area contributed by atoms with Crippen molar-refractivity contribution in [3.05, 3.63) is 58.0 Å². The molecule has 1 aliphatic rings. The molecule has 0 radical (unpaired) electrons. The van der Waals surface area contributed by atoms with Crippen molar-refractivity contribution in [1.82, 2.24) is 39.8 Å². The number of H-pyrrole nitrogens is 1. The fraction of sp³-hybridized carbons (Fsp3) is 0.444. The topological polar surface area (TPSA) is 123 Å². The number of hydrogen-bond donors (Lipinski definition) is 2. The van der Waals surface area contributed by atoms with Gasteiger partial charge in [0.25, 0.3) is 11.5 Å². The molecule has 3 aromatic heterocycles.